The molecule has 0 saturated heterocycles. The SMILES string of the molecule is COC(=S)NCc1cn(-c2cc(F)c(NCCNC(=O)Cn3cccn3)c(F)c2)nn1. The van der Waals surface area contributed by atoms with Crippen LogP contribution in [0.15, 0.2) is 36.8 Å². The quantitative estimate of drug-likeness (QED) is 0.327. The maximum absolute atomic E-state index is 14.4. The van der Waals surface area contributed by atoms with E-state index in [4.69, 9.17) is 17.0 Å². The van der Waals surface area contributed by atoms with E-state index in [-0.39, 0.29) is 48.6 Å². The molecule has 0 bridgehead atoms. The summed E-state index contributed by atoms with van der Waals surface area (Å²) in [5.41, 5.74) is 0.381. The molecule has 3 N–H and O–H groups in total. The van der Waals surface area contributed by atoms with Crippen molar-refractivity contribution in [1.29, 1.82) is 0 Å². The number of carbonyl (C=O) groups is 1. The highest BCUT2D eigenvalue weighted by molar-refractivity contribution is 7.80. The van der Waals surface area contributed by atoms with Gasteiger partial charge in [0.25, 0.3) is 5.17 Å². The second-order valence-corrected chi connectivity index (χ2v) is 6.64. The number of methoxy groups -OCH3 is 1. The summed E-state index contributed by atoms with van der Waals surface area (Å²) in [6.07, 6.45) is 4.74. The minimum atomic E-state index is -0.798. The maximum Gasteiger partial charge on any atom is 0.256 e. The molecule has 0 aliphatic rings. The second-order valence-electron chi connectivity index (χ2n) is 6.26. The molecule has 0 unspecified atom stereocenters. The van der Waals surface area contributed by atoms with Crippen molar-refractivity contribution in [3.63, 3.8) is 0 Å². The zero-order valence-corrected chi connectivity index (χ0v) is 17.3. The normalized spacial score (nSPS) is 10.5. The molecule has 1 amide bonds. The summed E-state index contributed by atoms with van der Waals surface area (Å²) in [6, 6.07) is 3.97. The van der Waals surface area contributed by atoms with Gasteiger partial charge in [-0.1, -0.05) is 5.21 Å². The Bertz CT molecular complexity index is 1020. The monoisotopic (exact) mass is 450 g/mol. The van der Waals surface area contributed by atoms with Gasteiger partial charge in [0.15, 0.2) is 11.6 Å². The summed E-state index contributed by atoms with van der Waals surface area (Å²) in [5.74, 6) is -1.85. The summed E-state index contributed by atoms with van der Waals surface area (Å²) in [5, 5.41) is 20.0. The first-order chi connectivity index (χ1) is 15.0. The highest BCUT2D eigenvalue weighted by Crippen LogP contribution is 2.22. The highest BCUT2D eigenvalue weighted by Gasteiger charge is 2.13. The van der Waals surface area contributed by atoms with Gasteiger partial charge in [0, 0.05) is 37.6 Å². The molecule has 0 radical (unpaired) electrons. The van der Waals surface area contributed by atoms with E-state index in [2.05, 4.69) is 31.4 Å². The fraction of sp³-hybridized carbons (Fsp3) is 0.278. The molecule has 31 heavy (non-hydrogen) atoms. The van der Waals surface area contributed by atoms with Crippen LogP contribution in [0.3, 0.4) is 0 Å². The van der Waals surface area contributed by atoms with Crippen LogP contribution in [-0.4, -0.2) is 56.1 Å². The Morgan fingerprint density at radius 1 is 1.23 bits per heavy atom. The standard InChI is InChI=1S/C18H20F2N8O2S/c1-30-18(31)23-9-12-10-28(26-25-12)13-7-14(19)17(15(20)8-13)22-5-4-21-16(29)11-27-6-2-3-24-27/h2-3,6-8,10,22H,4-5,9,11H2,1H3,(H,21,29)(H,23,31). The van der Waals surface area contributed by atoms with E-state index in [1.807, 2.05) is 0 Å². The number of ether oxygens (including phenoxy) is 1. The van der Waals surface area contributed by atoms with E-state index in [0.29, 0.717) is 5.69 Å². The van der Waals surface area contributed by atoms with Crippen LogP contribution in [0, 0.1) is 11.6 Å². The van der Waals surface area contributed by atoms with Gasteiger partial charge in [-0.25, -0.2) is 13.5 Å². The third kappa shape index (κ3) is 6.18. The van der Waals surface area contributed by atoms with Crippen molar-refractivity contribution in [2.24, 2.45) is 0 Å². The van der Waals surface area contributed by atoms with Crippen molar-refractivity contribution in [2.75, 3.05) is 25.5 Å². The lowest BCUT2D eigenvalue weighted by atomic mass is 10.2. The summed E-state index contributed by atoms with van der Waals surface area (Å²) >= 11 is 4.87. The smallest absolute Gasteiger partial charge is 0.256 e. The van der Waals surface area contributed by atoms with Crippen LogP contribution in [0.25, 0.3) is 5.69 Å². The lowest BCUT2D eigenvalue weighted by molar-refractivity contribution is -0.121. The molecule has 13 heteroatoms. The molecule has 0 saturated carbocycles. The van der Waals surface area contributed by atoms with Gasteiger partial charge in [0.2, 0.25) is 5.91 Å². The Labute approximate surface area is 181 Å². The summed E-state index contributed by atoms with van der Waals surface area (Å²) in [6.45, 7) is 0.639. The van der Waals surface area contributed by atoms with Crippen LogP contribution in [0.4, 0.5) is 14.5 Å². The number of benzene rings is 1. The molecule has 2 aromatic heterocycles. The van der Waals surface area contributed by atoms with Gasteiger partial charge in [-0.2, -0.15) is 5.10 Å². The molecule has 3 rings (SSSR count). The molecule has 0 spiro atoms. The predicted molar refractivity (Wildman–Crippen MR) is 111 cm³/mol. The fourth-order valence-corrected chi connectivity index (χ4v) is 2.66. The Hall–Kier alpha value is -3.61. The first kappa shape index (κ1) is 22.1. The molecule has 164 valence electrons. The first-order valence-electron chi connectivity index (χ1n) is 9.16. The van der Waals surface area contributed by atoms with Gasteiger partial charge < -0.3 is 20.7 Å². The van der Waals surface area contributed by atoms with E-state index in [1.54, 1.807) is 18.5 Å². The first-order valence-corrected chi connectivity index (χ1v) is 9.57. The third-order valence-corrected chi connectivity index (χ3v) is 4.36. The number of halogens is 2. The lowest BCUT2D eigenvalue weighted by Gasteiger charge is -2.11. The van der Waals surface area contributed by atoms with Crippen LogP contribution in [0.1, 0.15) is 5.69 Å². The van der Waals surface area contributed by atoms with E-state index in [1.165, 1.54) is 22.7 Å². The van der Waals surface area contributed by atoms with Crippen LogP contribution in [0.2, 0.25) is 0 Å². The van der Waals surface area contributed by atoms with Gasteiger partial charge in [0.1, 0.15) is 17.9 Å². The summed E-state index contributed by atoms with van der Waals surface area (Å²) < 4.78 is 36.4. The number of aromatic nitrogens is 5. The van der Waals surface area contributed by atoms with Crippen molar-refractivity contribution in [3.05, 3.63) is 54.1 Å². The van der Waals surface area contributed by atoms with Crippen molar-refractivity contribution in [3.8, 4) is 5.69 Å². The number of nitrogens with one attached hydrogen (secondary N) is 3. The average Bonchev–Trinajstić information content (AvgIpc) is 3.42. The Morgan fingerprint density at radius 2 is 2.00 bits per heavy atom. The van der Waals surface area contributed by atoms with Crippen LogP contribution < -0.4 is 16.0 Å². The summed E-state index contributed by atoms with van der Waals surface area (Å²) in [4.78, 5) is 11.8. The van der Waals surface area contributed by atoms with E-state index < -0.39 is 11.6 Å². The topological polar surface area (TPSA) is 111 Å². The second kappa shape index (κ2) is 10.4. The van der Waals surface area contributed by atoms with Crippen LogP contribution in [-0.2, 0) is 22.6 Å². The average molecular weight is 450 g/mol. The van der Waals surface area contributed by atoms with Crippen LogP contribution in [0.5, 0.6) is 0 Å². The number of thiocarbonyl (C=S) groups is 1. The molecular formula is C18H20F2N8O2S. The number of carbonyl (C=O) groups excluding carboxylic acids is 1. The molecule has 0 aliphatic carbocycles. The number of amides is 1. The van der Waals surface area contributed by atoms with Gasteiger partial charge >= 0.3 is 0 Å². The van der Waals surface area contributed by atoms with E-state index >= 15 is 0 Å². The van der Waals surface area contributed by atoms with Crippen molar-refractivity contribution < 1.29 is 18.3 Å². The van der Waals surface area contributed by atoms with Crippen LogP contribution >= 0.6 is 12.2 Å². The third-order valence-electron chi connectivity index (χ3n) is 4.05. The Balaban J connectivity index is 1.53. The van der Waals surface area contributed by atoms with Gasteiger partial charge in [-0.05, 0) is 18.3 Å². The summed E-state index contributed by atoms with van der Waals surface area (Å²) in [7, 11) is 1.43. The van der Waals surface area contributed by atoms with Crippen molar-refractivity contribution >= 4 is 29.0 Å². The number of hydrogen-bond acceptors (Lipinski definition) is 7. The molecule has 3 aromatic rings. The fourth-order valence-electron chi connectivity index (χ4n) is 2.59. The molecule has 0 aliphatic heterocycles. The van der Waals surface area contributed by atoms with Crippen molar-refractivity contribution in [1.82, 2.24) is 35.4 Å². The number of hydrogen-bond donors (Lipinski definition) is 3. The van der Waals surface area contributed by atoms with Gasteiger partial charge in [-0.3, -0.25) is 9.48 Å². The van der Waals surface area contributed by atoms with Gasteiger partial charge in [-0.15, -0.1) is 5.10 Å². The minimum Gasteiger partial charge on any atom is -0.474 e. The predicted octanol–water partition coefficient (Wildman–Crippen LogP) is 0.991. The highest BCUT2D eigenvalue weighted by atomic mass is 32.1. The van der Waals surface area contributed by atoms with Crippen molar-refractivity contribution in [2.45, 2.75) is 13.1 Å². The number of anilines is 1. The Kier molecular flexibility index (Phi) is 7.43. The molecule has 10 nitrogen and oxygen atoms in total. The zero-order valence-electron chi connectivity index (χ0n) is 16.5. The Morgan fingerprint density at radius 3 is 2.68 bits per heavy atom. The zero-order chi connectivity index (χ0) is 22.2. The minimum absolute atomic E-state index is 0.0666. The molecule has 0 atom stereocenters. The largest absolute Gasteiger partial charge is 0.474 e. The van der Waals surface area contributed by atoms with Gasteiger partial charge in [0.05, 0.1) is 25.5 Å². The molecule has 2 heterocycles. The molecule has 1 aromatic carbocycles. The number of rotatable bonds is 9. The maximum atomic E-state index is 14.4. The molecule has 0 fully saturated rings. The van der Waals surface area contributed by atoms with E-state index in [0.717, 1.165) is 12.1 Å². The lowest BCUT2D eigenvalue weighted by Crippen LogP contribution is -2.32. The van der Waals surface area contributed by atoms with E-state index in [9.17, 15) is 13.6 Å². The number of nitrogens with zero attached hydrogens (tertiary/aromatic N) is 5. The molecular weight excluding hydrogens is 430 g/mol.